The van der Waals surface area contributed by atoms with Gasteiger partial charge in [0.05, 0.1) is 0 Å². The molecule has 2 rings (SSSR count). The summed E-state index contributed by atoms with van der Waals surface area (Å²) in [6.07, 6.45) is 0.903. The molecule has 0 fully saturated rings. The van der Waals surface area contributed by atoms with Crippen LogP contribution in [-0.2, 0) is 6.42 Å². The van der Waals surface area contributed by atoms with E-state index in [1.54, 1.807) is 0 Å². The molecular weight excluding hydrogens is 242 g/mol. The normalized spacial score (nSPS) is 12.5. The van der Waals surface area contributed by atoms with Crippen molar-refractivity contribution >= 4 is 0 Å². The molecule has 1 nitrogen and oxygen atoms in total. The van der Waals surface area contributed by atoms with Crippen molar-refractivity contribution in [3.8, 4) is 0 Å². The van der Waals surface area contributed by atoms with Crippen LogP contribution < -0.4 is 5.73 Å². The van der Waals surface area contributed by atoms with Crippen LogP contribution in [0.2, 0.25) is 0 Å². The predicted molar refractivity (Wildman–Crippen MR) is 87.2 cm³/mol. The Kier molecular flexibility index (Phi) is 4.29. The Bertz CT molecular complexity index is 603. The van der Waals surface area contributed by atoms with E-state index in [0.717, 1.165) is 6.42 Å². The van der Waals surface area contributed by atoms with E-state index in [-0.39, 0.29) is 6.04 Å². The molecule has 0 aliphatic carbocycles. The molecule has 0 saturated heterocycles. The summed E-state index contributed by atoms with van der Waals surface area (Å²) in [6.45, 7) is 10.8. The van der Waals surface area contributed by atoms with Crippen molar-refractivity contribution < 1.29 is 0 Å². The van der Waals surface area contributed by atoms with E-state index in [4.69, 9.17) is 5.73 Å². The largest absolute Gasteiger partial charge is 0.324 e. The zero-order valence-corrected chi connectivity index (χ0v) is 13.2. The molecule has 1 heteroatoms. The first kappa shape index (κ1) is 14.8. The summed E-state index contributed by atoms with van der Waals surface area (Å²) in [5, 5.41) is 0. The molecule has 0 amide bonds. The fraction of sp³-hybridized carbons (Fsp3) is 0.368. The summed E-state index contributed by atoms with van der Waals surface area (Å²) in [4.78, 5) is 0. The summed E-state index contributed by atoms with van der Waals surface area (Å²) in [5.74, 6) is 0. The number of aryl methyl sites for hydroxylation is 5. The first-order valence-corrected chi connectivity index (χ1v) is 7.28. The van der Waals surface area contributed by atoms with E-state index in [1.807, 2.05) is 0 Å². The van der Waals surface area contributed by atoms with Gasteiger partial charge in [-0.15, -0.1) is 0 Å². The highest BCUT2D eigenvalue weighted by molar-refractivity contribution is 5.39. The average molecular weight is 267 g/mol. The van der Waals surface area contributed by atoms with E-state index < -0.39 is 0 Å². The van der Waals surface area contributed by atoms with Gasteiger partial charge in [-0.3, -0.25) is 0 Å². The van der Waals surface area contributed by atoms with Gasteiger partial charge in [-0.25, -0.2) is 0 Å². The summed E-state index contributed by atoms with van der Waals surface area (Å²) in [5.41, 5.74) is 15.7. The van der Waals surface area contributed by atoms with Crippen molar-refractivity contribution in [2.45, 2.75) is 47.1 Å². The molecule has 0 aliphatic heterocycles. The van der Waals surface area contributed by atoms with Gasteiger partial charge in [0, 0.05) is 6.04 Å². The number of rotatable bonds is 3. The maximum Gasteiger partial charge on any atom is 0.0336 e. The van der Waals surface area contributed by atoms with Crippen LogP contribution in [0.5, 0.6) is 0 Å². The van der Waals surface area contributed by atoms with Crippen LogP contribution in [0.15, 0.2) is 30.3 Å². The highest BCUT2D eigenvalue weighted by atomic mass is 14.6. The Morgan fingerprint density at radius 3 is 1.95 bits per heavy atom. The van der Waals surface area contributed by atoms with Crippen LogP contribution in [-0.4, -0.2) is 0 Å². The molecule has 0 spiro atoms. The first-order valence-electron chi connectivity index (χ1n) is 7.28. The standard InChI is InChI=1S/C19H25N/c1-12-8-15(4)18(16(5)9-12)11-19(20)17-7-6-13(2)14(3)10-17/h6-10,19H,11,20H2,1-5H3. The van der Waals surface area contributed by atoms with Crippen molar-refractivity contribution in [2.75, 3.05) is 0 Å². The lowest BCUT2D eigenvalue weighted by molar-refractivity contribution is 0.714. The Balaban J connectivity index is 2.27. The van der Waals surface area contributed by atoms with Gasteiger partial charge >= 0.3 is 0 Å². The monoisotopic (exact) mass is 267 g/mol. The van der Waals surface area contributed by atoms with Crippen LogP contribution in [0.4, 0.5) is 0 Å². The topological polar surface area (TPSA) is 26.0 Å². The van der Waals surface area contributed by atoms with E-state index in [1.165, 1.54) is 38.9 Å². The fourth-order valence-electron chi connectivity index (χ4n) is 2.86. The van der Waals surface area contributed by atoms with Crippen molar-refractivity contribution in [1.82, 2.24) is 0 Å². The van der Waals surface area contributed by atoms with Gasteiger partial charge < -0.3 is 5.73 Å². The maximum atomic E-state index is 6.42. The molecule has 2 aromatic carbocycles. The van der Waals surface area contributed by atoms with Crippen LogP contribution >= 0.6 is 0 Å². The molecular formula is C19H25N. The van der Waals surface area contributed by atoms with Gasteiger partial charge in [0.1, 0.15) is 0 Å². The van der Waals surface area contributed by atoms with Gasteiger partial charge in [0.2, 0.25) is 0 Å². The summed E-state index contributed by atoms with van der Waals surface area (Å²) in [6, 6.07) is 11.1. The van der Waals surface area contributed by atoms with E-state index in [9.17, 15) is 0 Å². The average Bonchev–Trinajstić information content (AvgIpc) is 2.36. The highest BCUT2D eigenvalue weighted by Gasteiger charge is 2.12. The Morgan fingerprint density at radius 2 is 1.40 bits per heavy atom. The zero-order chi connectivity index (χ0) is 14.9. The van der Waals surface area contributed by atoms with E-state index in [2.05, 4.69) is 65.0 Å². The fourth-order valence-corrected chi connectivity index (χ4v) is 2.86. The molecule has 0 radical (unpaired) electrons. The smallest absolute Gasteiger partial charge is 0.0336 e. The Morgan fingerprint density at radius 1 is 0.800 bits per heavy atom. The SMILES string of the molecule is Cc1cc(C)c(CC(N)c2ccc(C)c(C)c2)c(C)c1. The third kappa shape index (κ3) is 3.10. The van der Waals surface area contributed by atoms with Gasteiger partial charge in [-0.1, -0.05) is 35.9 Å². The van der Waals surface area contributed by atoms with Crippen LogP contribution in [0.25, 0.3) is 0 Å². The number of hydrogen-bond acceptors (Lipinski definition) is 1. The first-order chi connectivity index (χ1) is 9.38. The third-order valence-corrected chi connectivity index (χ3v) is 4.22. The predicted octanol–water partition coefficient (Wildman–Crippen LogP) is 4.47. The van der Waals surface area contributed by atoms with Crippen molar-refractivity contribution in [2.24, 2.45) is 5.73 Å². The molecule has 0 bridgehead atoms. The molecule has 106 valence electrons. The number of benzene rings is 2. The van der Waals surface area contributed by atoms with E-state index in [0.29, 0.717) is 0 Å². The molecule has 20 heavy (non-hydrogen) atoms. The van der Waals surface area contributed by atoms with Crippen molar-refractivity contribution in [3.05, 3.63) is 69.3 Å². The van der Waals surface area contributed by atoms with Crippen molar-refractivity contribution in [1.29, 1.82) is 0 Å². The molecule has 0 aromatic heterocycles. The van der Waals surface area contributed by atoms with Crippen LogP contribution in [0, 0.1) is 34.6 Å². The molecule has 2 N–H and O–H groups in total. The summed E-state index contributed by atoms with van der Waals surface area (Å²) < 4.78 is 0. The van der Waals surface area contributed by atoms with Gasteiger partial charge in [-0.05, 0) is 74.4 Å². The lowest BCUT2D eigenvalue weighted by Gasteiger charge is -2.18. The minimum absolute atomic E-state index is 0.0643. The lowest BCUT2D eigenvalue weighted by atomic mass is 9.91. The van der Waals surface area contributed by atoms with Gasteiger partial charge in [0.25, 0.3) is 0 Å². The summed E-state index contributed by atoms with van der Waals surface area (Å²) in [7, 11) is 0. The lowest BCUT2D eigenvalue weighted by Crippen LogP contribution is -2.15. The van der Waals surface area contributed by atoms with Crippen molar-refractivity contribution in [3.63, 3.8) is 0 Å². The molecule has 0 saturated carbocycles. The summed E-state index contributed by atoms with van der Waals surface area (Å²) >= 11 is 0. The zero-order valence-electron chi connectivity index (χ0n) is 13.2. The third-order valence-electron chi connectivity index (χ3n) is 4.22. The molecule has 0 aliphatic rings. The van der Waals surface area contributed by atoms with Crippen LogP contribution in [0.1, 0.15) is 45.0 Å². The quantitative estimate of drug-likeness (QED) is 0.872. The Labute approximate surface area is 122 Å². The van der Waals surface area contributed by atoms with Gasteiger partial charge in [-0.2, -0.15) is 0 Å². The second-order valence-electron chi connectivity index (χ2n) is 6.03. The molecule has 1 atom stereocenters. The number of nitrogens with two attached hydrogens (primary N) is 1. The molecule has 2 aromatic rings. The highest BCUT2D eigenvalue weighted by Crippen LogP contribution is 2.24. The maximum absolute atomic E-state index is 6.42. The minimum atomic E-state index is 0.0643. The second-order valence-corrected chi connectivity index (χ2v) is 6.03. The van der Waals surface area contributed by atoms with E-state index >= 15 is 0 Å². The second kappa shape index (κ2) is 5.80. The molecule has 0 heterocycles. The number of hydrogen-bond donors (Lipinski definition) is 1. The van der Waals surface area contributed by atoms with Gasteiger partial charge in [0.15, 0.2) is 0 Å². The Hall–Kier alpha value is -1.60. The molecule has 1 unspecified atom stereocenters. The van der Waals surface area contributed by atoms with Crippen LogP contribution in [0.3, 0.4) is 0 Å². The minimum Gasteiger partial charge on any atom is -0.324 e.